The number of nitrogens with one attached hydrogen (secondary N) is 1. The summed E-state index contributed by atoms with van der Waals surface area (Å²) in [5.41, 5.74) is 5.39. The van der Waals surface area contributed by atoms with Crippen LogP contribution in [0.1, 0.15) is 32.6 Å². The van der Waals surface area contributed by atoms with Crippen LogP contribution in [0.4, 0.5) is 0 Å². The van der Waals surface area contributed by atoms with Gasteiger partial charge in [0.1, 0.15) is 17.4 Å². The predicted molar refractivity (Wildman–Crippen MR) is 68.5 cm³/mol. The first-order chi connectivity index (χ1) is 7.91. The maximum Gasteiger partial charge on any atom is 0.244 e. The Labute approximate surface area is 106 Å². The lowest BCUT2D eigenvalue weighted by Gasteiger charge is -2.13. The van der Waals surface area contributed by atoms with E-state index >= 15 is 0 Å². The average molecular weight is 255 g/mol. The molecule has 1 aromatic rings. The second kappa shape index (κ2) is 5.72. The number of carbonyl (C=O) groups excluding carboxylic acids is 1. The van der Waals surface area contributed by atoms with Crippen LogP contribution in [0.5, 0.6) is 0 Å². The van der Waals surface area contributed by atoms with Gasteiger partial charge in [-0.1, -0.05) is 26.1 Å². The van der Waals surface area contributed by atoms with Crippen LogP contribution in [0.25, 0.3) is 0 Å². The quantitative estimate of drug-likeness (QED) is 0.736. The number of nitrogens with zero attached hydrogens (tertiary/aromatic N) is 3. The molecule has 3 N–H and O–H groups in total. The molecule has 0 bridgehead atoms. The normalized spacial score (nSPS) is 12.5. The zero-order chi connectivity index (χ0) is 13.0. The van der Waals surface area contributed by atoms with Crippen LogP contribution < -0.4 is 11.1 Å². The number of rotatable bonds is 5. The average Bonchev–Trinajstić information content (AvgIpc) is 2.73. The second-order valence-electron chi connectivity index (χ2n) is 4.23. The maximum atomic E-state index is 11.8. The molecule has 1 atom stereocenters. The summed E-state index contributed by atoms with van der Waals surface area (Å²) >= 11 is 4.75. The number of aromatic nitrogens is 3. The first-order valence-corrected chi connectivity index (χ1v) is 5.81. The van der Waals surface area contributed by atoms with Gasteiger partial charge in [0.2, 0.25) is 11.7 Å². The Morgan fingerprint density at radius 2 is 2.24 bits per heavy atom. The number of amides is 1. The Bertz CT molecular complexity index is 415. The molecule has 0 saturated carbocycles. The van der Waals surface area contributed by atoms with E-state index in [1.54, 1.807) is 6.92 Å². The zero-order valence-corrected chi connectivity index (χ0v) is 11.0. The van der Waals surface area contributed by atoms with Crippen LogP contribution in [-0.4, -0.2) is 32.2 Å². The van der Waals surface area contributed by atoms with E-state index in [1.807, 2.05) is 13.8 Å². The zero-order valence-electron chi connectivity index (χ0n) is 10.2. The highest BCUT2D eigenvalue weighted by molar-refractivity contribution is 7.80. The highest BCUT2D eigenvalue weighted by Crippen LogP contribution is 2.04. The van der Waals surface area contributed by atoms with E-state index in [4.69, 9.17) is 18.0 Å². The molecular formula is C10H17N5OS. The van der Waals surface area contributed by atoms with Gasteiger partial charge in [-0.2, -0.15) is 0 Å². The number of hydrogen-bond donors (Lipinski definition) is 2. The van der Waals surface area contributed by atoms with Crippen molar-refractivity contribution >= 4 is 23.1 Å². The topological polar surface area (TPSA) is 85.8 Å². The van der Waals surface area contributed by atoms with Gasteiger partial charge in [-0.05, 0) is 12.8 Å². The van der Waals surface area contributed by atoms with Crippen molar-refractivity contribution in [3.05, 3.63) is 12.2 Å². The lowest BCUT2D eigenvalue weighted by atomic mass is 10.2. The molecule has 0 saturated heterocycles. The molecule has 1 unspecified atom stereocenters. The summed E-state index contributed by atoms with van der Waals surface area (Å²) in [6.07, 6.45) is 1.45. The molecule has 0 radical (unpaired) electrons. The van der Waals surface area contributed by atoms with Crippen LogP contribution in [0, 0.1) is 5.92 Å². The molecule has 1 aromatic heterocycles. The van der Waals surface area contributed by atoms with Crippen LogP contribution in [0.15, 0.2) is 6.33 Å². The van der Waals surface area contributed by atoms with Crippen molar-refractivity contribution in [2.24, 2.45) is 11.7 Å². The first-order valence-electron chi connectivity index (χ1n) is 5.40. The Morgan fingerprint density at radius 3 is 2.71 bits per heavy atom. The lowest BCUT2D eigenvalue weighted by molar-refractivity contribution is -0.124. The Hall–Kier alpha value is -1.50. The van der Waals surface area contributed by atoms with Crippen LogP contribution >= 0.6 is 12.2 Å². The van der Waals surface area contributed by atoms with E-state index < -0.39 is 6.04 Å². The SMILES string of the molecule is CC(C)CNC(=O)C(C)n1cnc(C(N)=S)n1. The highest BCUT2D eigenvalue weighted by atomic mass is 32.1. The minimum absolute atomic E-state index is 0.0990. The molecule has 1 rings (SSSR count). The third kappa shape index (κ3) is 3.77. The van der Waals surface area contributed by atoms with Crippen molar-refractivity contribution in [3.63, 3.8) is 0 Å². The number of carbonyl (C=O) groups is 1. The van der Waals surface area contributed by atoms with Crippen molar-refractivity contribution in [1.29, 1.82) is 0 Å². The second-order valence-corrected chi connectivity index (χ2v) is 4.67. The third-order valence-corrected chi connectivity index (χ3v) is 2.37. The molecule has 0 spiro atoms. The molecule has 0 aliphatic rings. The van der Waals surface area contributed by atoms with Gasteiger partial charge in [0, 0.05) is 6.54 Å². The van der Waals surface area contributed by atoms with Gasteiger partial charge in [0.15, 0.2) is 0 Å². The monoisotopic (exact) mass is 255 g/mol. The smallest absolute Gasteiger partial charge is 0.244 e. The number of hydrogen-bond acceptors (Lipinski definition) is 4. The van der Waals surface area contributed by atoms with Crippen LogP contribution in [0.3, 0.4) is 0 Å². The van der Waals surface area contributed by atoms with Crippen molar-refractivity contribution in [1.82, 2.24) is 20.1 Å². The Balaban J connectivity index is 2.64. The van der Waals surface area contributed by atoms with E-state index in [1.165, 1.54) is 11.0 Å². The molecule has 0 fully saturated rings. The summed E-state index contributed by atoms with van der Waals surface area (Å²) in [6, 6.07) is -0.427. The minimum Gasteiger partial charge on any atom is -0.387 e. The van der Waals surface area contributed by atoms with Gasteiger partial charge in [-0.3, -0.25) is 4.79 Å². The first kappa shape index (κ1) is 13.6. The van der Waals surface area contributed by atoms with Gasteiger partial charge < -0.3 is 11.1 Å². The minimum atomic E-state index is -0.427. The largest absolute Gasteiger partial charge is 0.387 e. The highest BCUT2D eigenvalue weighted by Gasteiger charge is 2.17. The summed E-state index contributed by atoms with van der Waals surface area (Å²) in [7, 11) is 0. The van der Waals surface area contributed by atoms with E-state index in [9.17, 15) is 4.79 Å². The third-order valence-electron chi connectivity index (χ3n) is 2.19. The summed E-state index contributed by atoms with van der Waals surface area (Å²) < 4.78 is 1.45. The Morgan fingerprint density at radius 1 is 1.59 bits per heavy atom. The van der Waals surface area contributed by atoms with Crippen molar-refractivity contribution in [2.45, 2.75) is 26.8 Å². The van der Waals surface area contributed by atoms with Crippen LogP contribution in [-0.2, 0) is 4.79 Å². The van der Waals surface area contributed by atoms with Crippen molar-refractivity contribution in [2.75, 3.05) is 6.54 Å². The van der Waals surface area contributed by atoms with Crippen molar-refractivity contribution in [3.8, 4) is 0 Å². The summed E-state index contributed by atoms with van der Waals surface area (Å²) in [5.74, 6) is 0.593. The molecule has 0 aliphatic heterocycles. The van der Waals surface area contributed by atoms with Crippen LogP contribution in [0.2, 0.25) is 0 Å². The molecule has 1 heterocycles. The van der Waals surface area contributed by atoms with Gasteiger partial charge in [-0.15, -0.1) is 5.10 Å². The maximum absolute atomic E-state index is 11.8. The Kier molecular flexibility index (Phi) is 4.56. The molecule has 0 aromatic carbocycles. The molecule has 7 heteroatoms. The molecule has 1 amide bonds. The fourth-order valence-corrected chi connectivity index (χ4v) is 1.24. The van der Waals surface area contributed by atoms with Gasteiger partial charge in [0.05, 0.1) is 0 Å². The molecular weight excluding hydrogens is 238 g/mol. The molecule has 94 valence electrons. The molecule has 6 nitrogen and oxygen atoms in total. The fraction of sp³-hybridized carbons (Fsp3) is 0.600. The molecule has 0 aliphatic carbocycles. The lowest BCUT2D eigenvalue weighted by Crippen LogP contribution is -2.33. The van der Waals surface area contributed by atoms with E-state index in [-0.39, 0.29) is 16.7 Å². The predicted octanol–water partition coefficient (Wildman–Crippen LogP) is 0.245. The number of nitrogens with two attached hydrogens (primary N) is 1. The van der Waals surface area contributed by atoms with Crippen molar-refractivity contribution < 1.29 is 4.79 Å². The van der Waals surface area contributed by atoms with Gasteiger partial charge >= 0.3 is 0 Å². The van der Waals surface area contributed by atoms with E-state index in [0.717, 1.165) is 0 Å². The van der Waals surface area contributed by atoms with Gasteiger partial charge in [-0.25, -0.2) is 9.67 Å². The fourth-order valence-electron chi connectivity index (χ4n) is 1.15. The summed E-state index contributed by atoms with van der Waals surface area (Å²) in [6.45, 7) is 6.45. The summed E-state index contributed by atoms with van der Waals surface area (Å²) in [4.78, 5) is 15.8. The van der Waals surface area contributed by atoms with E-state index in [0.29, 0.717) is 12.5 Å². The molecule has 17 heavy (non-hydrogen) atoms. The van der Waals surface area contributed by atoms with E-state index in [2.05, 4.69) is 15.4 Å². The number of thiocarbonyl (C=S) groups is 1. The summed E-state index contributed by atoms with van der Waals surface area (Å²) in [5, 5.41) is 6.86. The van der Waals surface area contributed by atoms with Gasteiger partial charge in [0.25, 0.3) is 0 Å². The standard InChI is InChI=1S/C10H17N5OS/c1-6(2)4-12-10(16)7(3)15-5-13-9(14-15)8(11)17/h5-7H,4H2,1-3H3,(H2,11,17)(H,12,16).